The Labute approximate surface area is 103 Å². The van der Waals surface area contributed by atoms with Crippen LogP contribution in [-0.2, 0) is 19.4 Å². The minimum atomic E-state index is -3.07. The average Bonchev–Trinajstić information content (AvgIpc) is 2.26. The van der Waals surface area contributed by atoms with Crippen LogP contribution in [0.5, 0.6) is 0 Å². The summed E-state index contributed by atoms with van der Waals surface area (Å²) in [5, 5.41) is 0. The van der Waals surface area contributed by atoms with Gasteiger partial charge < -0.3 is 10.5 Å². The van der Waals surface area contributed by atoms with Gasteiger partial charge >= 0.3 is 5.97 Å². The summed E-state index contributed by atoms with van der Waals surface area (Å²) in [4.78, 5) is 11.6. The van der Waals surface area contributed by atoms with Crippen LogP contribution in [0.4, 0.5) is 0 Å². The molecule has 0 heterocycles. The quantitative estimate of drug-likeness (QED) is 0.735. The molecule has 5 nitrogen and oxygen atoms in total. The Bertz CT molecular complexity index is 346. The lowest BCUT2D eigenvalue weighted by Gasteiger charge is -2.23. The maximum Gasteiger partial charge on any atom is 0.323 e. The third-order valence-corrected chi connectivity index (χ3v) is 3.91. The van der Waals surface area contributed by atoms with E-state index < -0.39 is 21.8 Å². The number of esters is 1. The van der Waals surface area contributed by atoms with Gasteiger partial charge in [0.1, 0.15) is 22.0 Å². The molecule has 1 aliphatic rings. The first-order valence-electron chi connectivity index (χ1n) is 6.02. The van der Waals surface area contributed by atoms with Gasteiger partial charge in [-0.1, -0.05) is 6.42 Å². The molecule has 0 aromatic carbocycles. The summed E-state index contributed by atoms with van der Waals surface area (Å²) in [6.07, 6.45) is 6.37. The number of carbonyl (C=O) groups is 1. The maximum atomic E-state index is 11.6. The first-order chi connectivity index (χ1) is 7.88. The van der Waals surface area contributed by atoms with E-state index in [-0.39, 0.29) is 18.3 Å². The SMILES string of the molecule is CS(=O)(=O)CCC(N)C(=O)OC1CCCCC1. The Balaban J connectivity index is 2.30. The van der Waals surface area contributed by atoms with Gasteiger partial charge in [0.25, 0.3) is 0 Å². The molecule has 6 heteroatoms. The van der Waals surface area contributed by atoms with Crippen LogP contribution in [0.3, 0.4) is 0 Å². The summed E-state index contributed by atoms with van der Waals surface area (Å²) in [7, 11) is -3.07. The molecular formula is C11H21NO4S. The number of hydrogen-bond donors (Lipinski definition) is 1. The van der Waals surface area contributed by atoms with Crippen LogP contribution >= 0.6 is 0 Å². The second-order valence-electron chi connectivity index (χ2n) is 4.72. The van der Waals surface area contributed by atoms with Crippen LogP contribution in [-0.4, -0.2) is 38.5 Å². The number of sulfone groups is 1. The van der Waals surface area contributed by atoms with Crippen LogP contribution in [0.1, 0.15) is 38.5 Å². The molecule has 100 valence electrons. The molecule has 0 aromatic rings. The predicted octanol–water partition coefficient (Wildman–Crippen LogP) is 0.624. The van der Waals surface area contributed by atoms with Crippen molar-refractivity contribution in [3.8, 4) is 0 Å². The van der Waals surface area contributed by atoms with Crippen LogP contribution < -0.4 is 5.73 Å². The average molecular weight is 263 g/mol. The fraction of sp³-hybridized carbons (Fsp3) is 0.909. The van der Waals surface area contributed by atoms with Gasteiger partial charge in [-0.05, 0) is 32.1 Å². The molecule has 0 amide bonds. The highest BCUT2D eigenvalue weighted by molar-refractivity contribution is 7.90. The van der Waals surface area contributed by atoms with E-state index >= 15 is 0 Å². The number of hydrogen-bond acceptors (Lipinski definition) is 5. The van der Waals surface area contributed by atoms with E-state index in [0.29, 0.717) is 0 Å². The molecule has 1 fully saturated rings. The fourth-order valence-corrected chi connectivity index (χ4v) is 2.58. The highest BCUT2D eigenvalue weighted by Crippen LogP contribution is 2.20. The van der Waals surface area contributed by atoms with Gasteiger partial charge in [0.05, 0.1) is 5.75 Å². The molecule has 0 radical (unpaired) electrons. The minimum absolute atomic E-state index is 0.0273. The van der Waals surface area contributed by atoms with Crippen molar-refractivity contribution in [2.45, 2.75) is 50.7 Å². The molecule has 0 spiro atoms. The highest BCUT2D eigenvalue weighted by atomic mass is 32.2. The van der Waals surface area contributed by atoms with Crippen molar-refractivity contribution < 1.29 is 17.9 Å². The van der Waals surface area contributed by atoms with Gasteiger partial charge in [-0.25, -0.2) is 8.42 Å². The summed E-state index contributed by atoms with van der Waals surface area (Å²) in [6.45, 7) is 0. The smallest absolute Gasteiger partial charge is 0.323 e. The van der Waals surface area contributed by atoms with Crippen LogP contribution in [0.25, 0.3) is 0 Å². The van der Waals surface area contributed by atoms with E-state index in [1.165, 1.54) is 6.42 Å². The monoisotopic (exact) mass is 263 g/mol. The largest absolute Gasteiger partial charge is 0.461 e. The molecule has 17 heavy (non-hydrogen) atoms. The molecule has 0 saturated heterocycles. The Kier molecular flexibility index (Phi) is 5.39. The minimum Gasteiger partial charge on any atom is -0.461 e. The summed E-state index contributed by atoms with van der Waals surface area (Å²) in [6, 6.07) is -0.827. The molecule has 1 unspecified atom stereocenters. The van der Waals surface area contributed by atoms with Crippen molar-refractivity contribution in [3.63, 3.8) is 0 Å². The second kappa shape index (κ2) is 6.35. The van der Waals surface area contributed by atoms with Crippen molar-refractivity contribution in [2.24, 2.45) is 5.73 Å². The maximum absolute atomic E-state index is 11.6. The van der Waals surface area contributed by atoms with E-state index in [0.717, 1.165) is 31.9 Å². The normalized spacial score (nSPS) is 19.9. The highest BCUT2D eigenvalue weighted by Gasteiger charge is 2.22. The zero-order valence-electron chi connectivity index (χ0n) is 10.2. The van der Waals surface area contributed by atoms with Gasteiger partial charge in [-0.3, -0.25) is 4.79 Å². The number of nitrogens with two attached hydrogens (primary N) is 1. The molecule has 1 rings (SSSR count). The molecule has 1 aliphatic carbocycles. The Morgan fingerprint density at radius 2 is 1.94 bits per heavy atom. The first-order valence-corrected chi connectivity index (χ1v) is 8.08. The predicted molar refractivity (Wildman–Crippen MR) is 65.3 cm³/mol. The van der Waals surface area contributed by atoms with Crippen molar-refractivity contribution in [2.75, 3.05) is 12.0 Å². The first kappa shape index (κ1) is 14.4. The summed E-state index contributed by atoms with van der Waals surface area (Å²) >= 11 is 0. The Hall–Kier alpha value is -0.620. The molecule has 0 aromatic heterocycles. The van der Waals surface area contributed by atoms with E-state index in [4.69, 9.17) is 10.5 Å². The van der Waals surface area contributed by atoms with Gasteiger partial charge in [0.15, 0.2) is 0 Å². The summed E-state index contributed by atoms with van der Waals surface area (Å²) in [5.74, 6) is -0.547. The van der Waals surface area contributed by atoms with Crippen LogP contribution in [0, 0.1) is 0 Å². The Morgan fingerprint density at radius 1 is 1.35 bits per heavy atom. The van der Waals surface area contributed by atoms with E-state index in [2.05, 4.69) is 0 Å². The van der Waals surface area contributed by atoms with E-state index in [1.54, 1.807) is 0 Å². The number of rotatable bonds is 5. The topological polar surface area (TPSA) is 86.5 Å². The van der Waals surface area contributed by atoms with Gasteiger partial charge in [-0.2, -0.15) is 0 Å². The summed E-state index contributed by atoms with van der Waals surface area (Å²) < 4.78 is 27.1. The third kappa shape index (κ3) is 6.02. The van der Waals surface area contributed by atoms with Crippen LogP contribution in [0.15, 0.2) is 0 Å². The number of carbonyl (C=O) groups excluding carboxylic acids is 1. The molecular weight excluding hydrogens is 242 g/mol. The van der Waals surface area contributed by atoms with E-state index in [1.807, 2.05) is 0 Å². The zero-order valence-corrected chi connectivity index (χ0v) is 11.0. The lowest BCUT2D eigenvalue weighted by molar-refractivity contribution is -0.152. The second-order valence-corrected chi connectivity index (χ2v) is 6.98. The molecule has 1 atom stereocenters. The standard InChI is InChI=1S/C11H21NO4S/c1-17(14,15)8-7-10(12)11(13)16-9-5-3-2-4-6-9/h9-10H,2-8,12H2,1H3. The number of ether oxygens (including phenoxy) is 1. The fourth-order valence-electron chi connectivity index (χ4n) is 1.89. The van der Waals surface area contributed by atoms with Gasteiger partial charge in [-0.15, -0.1) is 0 Å². The van der Waals surface area contributed by atoms with Gasteiger partial charge in [0.2, 0.25) is 0 Å². The Morgan fingerprint density at radius 3 is 2.47 bits per heavy atom. The zero-order chi connectivity index (χ0) is 12.9. The lowest BCUT2D eigenvalue weighted by atomic mass is 9.98. The molecule has 0 aliphatic heterocycles. The van der Waals surface area contributed by atoms with E-state index in [9.17, 15) is 13.2 Å². The lowest BCUT2D eigenvalue weighted by Crippen LogP contribution is -2.36. The molecule has 0 bridgehead atoms. The summed E-state index contributed by atoms with van der Waals surface area (Å²) in [5.41, 5.74) is 5.60. The van der Waals surface area contributed by atoms with Crippen molar-refractivity contribution >= 4 is 15.8 Å². The molecule has 2 N–H and O–H groups in total. The van der Waals surface area contributed by atoms with Crippen LogP contribution in [0.2, 0.25) is 0 Å². The van der Waals surface area contributed by atoms with Crippen molar-refractivity contribution in [3.05, 3.63) is 0 Å². The third-order valence-electron chi connectivity index (χ3n) is 2.94. The van der Waals surface area contributed by atoms with Gasteiger partial charge in [0, 0.05) is 6.26 Å². The molecule has 1 saturated carbocycles. The van der Waals surface area contributed by atoms with Crippen molar-refractivity contribution in [1.29, 1.82) is 0 Å². The van der Waals surface area contributed by atoms with Crippen molar-refractivity contribution in [1.82, 2.24) is 0 Å².